The second kappa shape index (κ2) is 4.71. The standard InChI is InChI=1S/C13H12N4.ClH/c1-8-12(13-15-4-5-16-13)10-6-9(7-14)2-3-11(10)17-8;/h2-3,6,17H,4-5H2,1H3,(H,15,16);1H. The van der Waals surface area contributed by atoms with Crippen LogP contribution in [0.15, 0.2) is 23.2 Å². The lowest BCUT2D eigenvalue weighted by Gasteiger charge is -2.02. The molecule has 0 aliphatic carbocycles. The van der Waals surface area contributed by atoms with Gasteiger partial charge in [-0.15, -0.1) is 12.4 Å². The van der Waals surface area contributed by atoms with Gasteiger partial charge in [0, 0.05) is 28.7 Å². The minimum atomic E-state index is 0. The van der Waals surface area contributed by atoms with Crippen LogP contribution in [0.3, 0.4) is 0 Å². The fourth-order valence-electron chi connectivity index (χ4n) is 2.27. The van der Waals surface area contributed by atoms with Gasteiger partial charge in [0.05, 0.1) is 18.2 Å². The van der Waals surface area contributed by atoms with Crippen LogP contribution in [0.2, 0.25) is 0 Å². The summed E-state index contributed by atoms with van der Waals surface area (Å²) in [5.74, 6) is 0.934. The van der Waals surface area contributed by atoms with Crippen molar-refractivity contribution >= 4 is 29.1 Å². The molecule has 0 saturated carbocycles. The highest BCUT2D eigenvalue weighted by atomic mass is 35.5. The molecule has 1 aromatic heterocycles. The van der Waals surface area contributed by atoms with Gasteiger partial charge in [-0.3, -0.25) is 4.99 Å². The smallest absolute Gasteiger partial charge is 0.130 e. The van der Waals surface area contributed by atoms with Crippen molar-refractivity contribution in [3.05, 3.63) is 35.0 Å². The van der Waals surface area contributed by atoms with Crippen LogP contribution in [0.1, 0.15) is 16.8 Å². The van der Waals surface area contributed by atoms with Crippen molar-refractivity contribution in [3.8, 4) is 6.07 Å². The number of aromatic amines is 1. The summed E-state index contributed by atoms with van der Waals surface area (Å²) in [6.45, 7) is 3.74. The molecule has 1 aromatic carbocycles. The highest BCUT2D eigenvalue weighted by Gasteiger charge is 2.16. The van der Waals surface area contributed by atoms with Crippen molar-refractivity contribution in [2.45, 2.75) is 6.92 Å². The lowest BCUT2D eigenvalue weighted by Crippen LogP contribution is -2.19. The number of fused-ring (bicyclic) bond motifs is 1. The fraction of sp³-hybridized carbons (Fsp3) is 0.231. The van der Waals surface area contributed by atoms with Gasteiger partial charge < -0.3 is 10.3 Å². The van der Waals surface area contributed by atoms with Gasteiger partial charge in [0.1, 0.15) is 5.84 Å². The molecule has 0 bridgehead atoms. The third-order valence-electron chi connectivity index (χ3n) is 3.03. The number of nitriles is 1. The summed E-state index contributed by atoms with van der Waals surface area (Å²) in [5.41, 5.74) is 3.90. The number of aryl methyl sites for hydroxylation is 1. The third-order valence-corrected chi connectivity index (χ3v) is 3.03. The van der Waals surface area contributed by atoms with Gasteiger partial charge in [-0.1, -0.05) is 0 Å². The summed E-state index contributed by atoms with van der Waals surface area (Å²) in [6.07, 6.45) is 0. The van der Waals surface area contributed by atoms with E-state index in [1.165, 1.54) is 0 Å². The maximum absolute atomic E-state index is 8.95. The Kier molecular flexibility index (Phi) is 3.26. The Balaban J connectivity index is 0.00000120. The van der Waals surface area contributed by atoms with Crippen molar-refractivity contribution in [1.82, 2.24) is 10.3 Å². The molecule has 0 unspecified atom stereocenters. The minimum Gasteiger partial charge on any atom is -0.368 e. The molecular formula is C13H13ClN4. The Morgan fingerprint density at radius 1 is 1.39 bits per heavy atom. The second-order valence-corrected chi connectivity index (χ2v) is 4.15. The number of amidine groups is 1. The van der Waals surface area contributed by atoms with Gasteiger partial charge in [0.25, 0.3) is 0 Å². The lowest BCUT2D eigenvalue weighted by atomic mass is 10.1. The normalized spacial score (nSPS) is 13.7. The maximum atomic E-state index is 8.95. The first kappa shape index (κ1) is 12.5. The van der Waals surface area contributed by atoms with E-state index in [0.29, 0.717) is 5.56 Å². The van der Waals surface area contributed by atoms with Crippen molar-refractivity contribution in [1.29, 1.82) is 5.26 Å². The number of nitrogens with one attached hydrogen (secondary N) is 2. The van der Waals surface area contributed by atoms with Crippen LogP contribution in [0.25, 0.3) is 10.9 Å². The zero-order chi connectivity index (χ0) is 11.8. The SMILES string of the molecule is Cc1[nH]c2ccc(C#N)cc2c1C1=NCCN1.Cl. The van der Waals surface area contributed by atoms with E-state index in [1.54, 1.807) is 0 Å². The molecule has 0 amide bonds. The second-order valence-electron chi connectivity index (χ2n) is 4.15. The van der Waals surface area contributed by atoms with Crippen LogP contribution in [-0.4, -0.2) is 23.9 Å². The zero-order valence-electron chi connectivity index (χ0n) is 9.95. The molecule has 0 radical (unpaired) electrons. The highest BCUT2D eigenvalue weighted by molar-refractivity contribution is 6.11. The van der Waals surface area contributed by atoms with Crippen molar-refractivity contribution < 1.29 is 0 Å². The lowest BCUT2D eigenvalue weighted by molar-refractivity contribution is 0.960. The Morgan fingerprint density at radius 2 is 2.22 bits per heavy atom. The van der Waals surface area contributed by atoms with Crippen LogP contribution in [0, 0.1) is 18.3 Å². The van der Waals surface area contributed by atoms with Gasteiger partial charge in [-0.05, 0) is 25.1 Å². The summed E-state index contributed by atoms with van der Waals surface area (Å²) >= 11 is 0. The largest absolute Gasteiger partial charge is 0.368 e. The molecule has 2 N–H and O–H groups in total. The van der Waals surface area contributed by atoms with Crippen LogP contribution in [0.4, 0.5) is 0 Å². The average molecular weight is 261 g/mol. The van der Waals surface area contributed by atoms with Gasteiger partial charge in [0.2, 0.25) is 0 Å². The van der Waals surface area contributed by atoms with E-state index in [4.69, 9.17) is 5.26 Å². The summed E-state index contributed by atoms with van der Waals surface area (Å²) in [6, 6.07) is 7.86. The van der Waals surface area contributed by atoms with Gasteiger partial charge in [-0.25, -0.2) is 0 Å². The number of H-pyrrole nitrogens is 1. The molecule has 18 heavy (non-hydrogen) atoms. The first-order chi connectivity index (χ1) is 8.29. The van der Waals surface area contributed by atoms with Crippen molar-refractivity contribution in [2.75, 3.05) is 13.1 Å². The predicted molar refractivity (Wildman–Crippen MR) is 74.4 cm³/mol. The van der Waals surface area contributed by atoms with Crippen LogP contribution in [0.5, 0.6) is 0 Å². The summed E-state index contributed by atoms with van der Waals surface area (Å²) < 4.78 is 0. The third kappa shape index (κ3) is 1.83. The molecule has 0 saturated heterocycles. The highest BCUT2D eigenvalue weighted by Crippen LogP contribution is 2.24. The number of hydrogen-bond acceptors (Lipinski definition) is 3. The molecule has 5 heteroatoms. The summed E-state index contributed by atoms with van der Waals surface area (Å²) in [7, 11) is 0. The maximum Gasteiger partial charge on any atom is 0.130 e. The van der Waals surface area contributed by atoms with Gasteiger partial charge in [-0.2, -0.15) is 5.26 Å². The van der Waals surface area contributed by atoms with Crippen LogP contribution >= 0.6 is 12.4 Å². The molecule has 92 valence electrons. The molecule has 4 nitrogen and oxygen atoms in total. The molecule has 1 aliphatic heterocycles. The van der Waals surface area contributed by atoms with E-state index in [0.717, 1.165) is 41.1 Å². The van der Waals surface area contributed by atoms with E-state index in [9.17, 15) is 0 Å². The first-order valence-electron chi connectivity index (χ1n) is 5.61. The number of hydrogen-bond donors (Lipinski definition) is 2. The number of nitrogens with zero attached hydrogens (tertiary/aromatic N) is 2. The summed E-state index contributed by atoms with van der Waals surface area (Å²) in [5, 5.41) is 13.3. The average Bonchev–Trinajstić information content (AvgIpc) is 2.93. The molecule has 2 heterocycles. The molecule has 2 aromatic rings. The number of rotatable bonds is 1. The summed E-state index contributed by atoms with van der Waals surface area (Å²) in [4.78, 5) is 7.77. The van der Waals surface area contributed by atoms with E-state index in [2.05, 4.69) is 21.4 Å². The molecule has 0 atom stereocenters. The minimum absolute atomic E-state index is 0. The molecule has 1 aliphatic rings. The quantitative estimate of drug-likeness (QED) is 0.825. The van der Waals surface area contributed by atoms with Gasteiger partial charge in [0.15, 0.2) is 0 Å². The number of aliphatic imine (C=N–C) groups is 1. The zero-order valence-corrected chi connectivity index (χ0v) is 10.8. The van der Waals surface area contributed by atoms with Crippen molar-refractivity contribution in [3.63, 3.8) is 0 Å². The topological polar surface area (TPSA) is 64.0 Å². The first-order valence-corrected chi connectivity index (χ1v) is 5.61. The molecule has 0 spiro atoms. The molecular weight excluding hydrogens is 248 g/mol. The Bertz CT molecular complexity index is 663. The Morgan fingerprint density at radius 3 is 2.89 bits per heavy atom. The Hall–Kier alpha value is -1.99. The van der Waals surface area contributed by atoms with E-state index < -0.39 is 0 Å². The van der Waals surface area contributed by atoms with E-state index in [-0.39, 0.29) is 12.4 Å². The van der Waals surface area contributed by atoms with Crippen molar-refractivity contribution in [2.24, 2.45) is 4.99 Å². The van der Waals surface area contributed by atoms with E-state index >= 15 is 0 Å². The Labute approximate surface area is 111 Å². The molecule has 0 fully saturated rings. The number of aromatic nitrogens is 1. The van der Waals surface area contributed by atoms with E-state index in [1.807, 2.05) is 25.1 Å². The predicted octanol–water partition coefficient (Wildman–Crippen LogP) is 2.12. The molecule has 3 rings (SSSR count). The van der Waals surface area contributed by atoms with Gasteiger partial charge >= 0.3 is 0 Å². The fourth-order valence-corrected chi connectivity index (χ4v) is 2.27. The van der Waals surface area contributed by atoms with Crippen LogP contribution in [-0.2, 0) is 0 Å². The van der Waals surface area contributed by atoms with Crippen LogP contribution < -0.4 is 5.32 Å². The monoisotopic (exact) mass is 260 g/mol. The number of halogens is 1. The number of benzene rings is 1.